The van der Waals surface area contributed by atoms with Crippen molar-refractivity contribution in [3.05, 3.63) is 29.3 Å². The van der Waals surface area contributed by atoms with Gasteiger partial charge in [0.05, 0.1) is 12.1 Å². The number of aryl methyl sites for hydroxylation is 2. The Bertz CT molecular complexity index is 465. The van der Waals surface area contributed by atoms with E-state index in [0.717, 1.165) is 25.1 Å². The van der Waals surface area contributed by atoms with Crippen molar-refractivity contribution >= 4 is 24.0 Å². The summed E-state index contributed by atoms with van der Waals surface area (Å²) in [6.07, 6.45) is 1.85. The van der Waals surface area contributed by atoms with E-state index in [2.05, 4.69) is 36.6 Å². The maximum absolute atomic E-state index is 12.1. The lowest BCUT2D eigenvalue weighted by atomic mass is 10.1. The third kappa shape index (κ3) is 3.95. The minimum atomic E-state index is -0.156. The van der Waals surface area contributed by atoms with Crippen molar-refractivity contribution in [1.29, 1.82) is 0 Å². The van der Waals surface area contributed by atoms with Gasteiger partial charge in [0.2, 0.25) is 5.91 Å². The van der Waals surface area contributed by atoms with Crippen LogP contribution in [0.3, 0.4) is 0 Å². The van der Waals surface area contributed by atoms with Gasteiger partial charge in [-0.15, -0.1) is 12.4 Å². The lowest BCUT2D eigenvalue weighted by molar-refractivity contribution is -0.118. The van der Waals surface area contributed by atoms with E-state index in [1.165, 1.54) is 11.1 Å². The molecule has 2 atom stereocenters. The zero-order valence-electron chi connectivity index (χ0n) is 12.2. The molecule has 1 aliphatic heterocycles. The molecular weight excluding hydrogens is 276 g/mol. The van der Waals surface area contributed by atoms with Gasteiger partial charge in [0.25, 0.3) is 0 Å². The Balaban J connectivity index is 0.00000200. The first kappa shape index (κ1) is 17.0. The van der Waals surface area contributed by atoms with E-state index in [0.29, 0.717) is 0 Å². The van der Waals surface area contributed by atoms with Gasteiger partial charge in [-0.3, -0.25) is 4.79 Å². The number of amides is 1. The molecule has 1 saturated heterocycles. The second-order valence-corrected chi connectivity index (χ2v) is 5.04. The van der Waals surface area contributed by atoms with Gasteiger partial charge in [0.1, 0.15) is 0 Å². The predicted molar refractivity (Wildman–Crippen MR) is 83.6 cm³/mol. The van der Waals surface area contributed by atoms with Crippen LogP contribution in [0, 0.1) is 6.92 Å². The second-order valence-electron chi connectivity index (χ2n) is 5.04. The molecule has 5 heteroatoms. The summed E-state index contributed by atoms with van der Waals surface area (Å²) in [5, 5.41) is 6.15. The number of nitrogens with one attached hydrogen (secondary N) is 2. The summed E-state index contributed by atoms with van der Waals surface area (Å²) in [5.41, 5.74) is 3.40. The van der Waals surface area contributed by atoms with Crippen LogP contribution in [0.1, 0.15) is 24.5 Å². The zero-order chi connectivity index (χ0) is 13.8. The molecule has 0 unspecified atom stereocenters. The van der Waals surface area contributed by atoms with E-state index in [1.807, 2.05) is 6.07 Å². The van der Waals surface area contributed by atoms with E-state index in [9.17, 15) is 4.79 Å². The van der Waals surface area contributed by atoms with Crippen molar-refractivity contribution in [2.24, 2.45) is 0 Å². The van der Waals surface area contributed by atoms with Crippen LogP contribution in [0.15, 0.2) is 18.2 Å². The largest absolute Gasteiger partial charge is 0.380 e. The van der Waals surface area contributed by atoms with E-state index in [4.69, 9.17) is 4.74 Å². The fraction of sp³-hybridized carbons (Fsp3) is 0.533. The molecule has 0 aliphatic carbocycles. The minimum Gasteiger partial charge on any atom is -0.380 e. The average Bonchev–Trinajstić information content (AvgIpc) is 2.90. The molecule has 0 spiro atoms. The van der Waals surface area contributed by atoms with Crippen LogP contribution < -0.4 is 10.6 Å². The summed E-state index contributed by atoms with van der Waals surface area (Å²) in [6, 6.07) is 5.90. The topological polar surface area (TPSA) is 50.4 Å². The van der Waals surface area contributed by atoms with Crippen molar-refractivity contribution in [3.8, 4) is 0 Å². The summed E-state index contributed by atoms with van der Waals surface area (Å²) < 4.78 is 5.25. The highest BCUT2D eigenvalue weighted by Crippen LogP contribution is 2.17. The summed E-state index contributed by atoms with van der Waals surface area (Å²) >= 11 is 0. The van der Waals surface area contributed by atoms with Crippen molar-refractivity contribution in [2.75, 3.05) is 19.0 Å². The number of carbonyl (C=O) groups excluding carboxylic acids is 1. The summed E-state index contributed by atoms with van der Waals surface area (Å²) in [5.74, 6) is 0.0189. The highest BCUT2D eigenvalue weighted by molar-refractivity contribution is 5.95. The SMILES string of the molecule is CCc1cc(NC(=O)[C@H]2C[C@H](OC)CN2)ccc1C.Cl. The van der Waals surface area contributed by atoms with Crippen molar-refractivity contribution in [2.45, 2.75) is 38.8 Å². The lowest BCUT2D eigenvalue weighted by Gasteiger charge is -2.13. The fourth-order valence-corrected chi connectivity index (χ4v) is 2.44. The maximum atomic E-state index is 12.1. The normalized spacial score (nSPS) is 21.4. The molecule has 1 amide bonds. The Morgan fingerprint density at radius 3 is 2.85 bits per heavy atom. The molecule has 112 valence electrons. The molecule has 1 fully saturated rings. The van der Waals surface area contributed by atoms with Gasteiger partial charge in [0, 0.05) is 19.3 Å². The monoisotopic (exact) mass is 298 g/mol. The molecule has 0 bridgehead atoms. The maximum Gasteiger partial charge on any atom is 0.241 e. The summed E-state index contributed by atoms with van der Waals surface area (Å²) in [7, 11) is 1.68. The Labute approximate surface area is 126 Å². The molecule has 0 saturated carbocycles. The highest BCUT2D eigenvalue weighted by Gasteiger charge is 2.29. The highest BCUT2D eigenvalue weighted by atomic mass is 35.5. The van der Waals surface area contributed by atoms with Crippen LogP contribution >= 0.6 is 12.4 Å². The number of ether oxygens (including phenoxy) is 1. The number of anilines is 1. The van der Waals surface area contributed by atoms with Gasteiger partial charge in [-0.1, -0.05) is 13.0 Å². The quantitative estimate of drug-likeness (QED) is 0.897. The second kappa shape index (κ2) is 7.62. The third-order valence-corrected chi connectivity index (χ3v) is 3.74. The number of halogens is 1. The molecule has 0 aromatic heterocycles. The molecule has 0 radical (unpaired) electrons. The molecule has 2 rings (SSSR count). The molecule has 1 aliphatic rings. The molecular formula is C15H23ClN2O2. The van der Waals surface area contributed by atoms with Crippen LogP contribution in [0.4, 0.5) is 5.69 Å². The third-order valence-electron chi connectivity index (χ3n) is 3.74. The zero-order valence-corrected chi connectivity index (χ0v) is 13.0. The van der Waals surface area contributed by atoms with E-state index in [1.54, 1.807) is 7.11 Å². The Morgan fingerprint density at radius 2 is 2.25 bits per heavy atom. The Hall–Kier alpha value is -1.10. The van der Waals surface area contributed by atoms with Crippen molar-refractivity contribution in [3.63, 3.8) is 0 Å². The van der Waals surface area contributed by atoms with Gasteiger partial charge in [-0.25, -0.2) is 0 Å². The molecule has 4 nitrogen and oxygen atoms in total. The molecule has 1 aromatic carbocycles. The number of hydrogen-bond acceptors (Lipinski definition) is 3. The minimum absolute atomic E-state index is 0. The summed E-state index contributed by atoms with van der Waals surface area (Å²) in [4.78, 5) is 12.1. The van der Waals surface area contributed by atoms with Crippen LogP contribution in [-0.4, -0.2) is 31.7 Å². The number of rotatable bonds is 4. The van der Waals surface area contributed by atoms with Crippen LogP contribution in [0.5, 0.6) is 0 Å². The van der Waals surface area contributed by atoms with E-state index in [-0.39, 0.29) is 30.5 Å². The van der Waals surface area contributed by atoms with Crippen LogP contribution in [0.25, 0.3) is 0 Å². The first-order valence-corrected chi connectivity index (χ1v) is 6.80. The van der Waals surface area contributed by atoms with Gasteiger partial charge < -0.3 is 15.4 Å². The average molecular weight is 299 g/mol. The number of carbonyl (C=O) groups is 1. The number of benzene rings is 1. The smallest absolute Gasteiger partial charge is 0.241 e. The van der Waals surface area contributed by atoms with Gasteiger partial charge in [0.15, 0.2) is 0 Å². The predicted octanol–water partition coefficient (Wildman–Crippen LogP) is 2.29. The Kier molecular flexibility index (Phi) is 6.46. The van der Waals surface area contributed by atoms with Crippen LogP contribution in [0.2, 0.25) is 0 Å². The van der Waals surface area contributed by atoms with Gasteiger partial charge in [-0.2, -0.15) is 0 Å². The first-order valence-electron chi connectivity index (χ1n) is 6.80. The van der Waals surface area contributed by atoms with Crippen molar-refractivity contribution in [1.82, 2.24) is 5.32 Å². The summed E-state index contributed by atoms with van der Waals surface area (Å²) in [6.45, 7) is 4.95. The fourth-order valence-electron chi connectivity index (χ4n) is 2.44. The molecule has 2 N–H and O–H groups in total. The molecule has 1 heterocycles. The standard InChI is InChI=1S/C15H22N2O2.ClH/c1-4-11-7-12(6-5-10(11)2)17-15(18)14-8-13(19-3)9-16-14;/h5-7,13-14,16H,4,8-9H2,1-3H3,(H,17,18);1H/t13-,14+;/m0./s1. The van der Waals surface area contributed by atoms with Gasteiger partial charge >= 0.3 is 0 Å². The van der Waals surface area contributed by atoms with E-state index >= 15 is 0 Å². The molecule has 1 aromatic rings. The van der Waals surface area contributed by atoms with E-state index < -0.39 is 0 Å². The molecule has 20 heavy (non-hydrogen) atoms. The number of hydrogen-bond donors (Lipinski definition) is 2. The Morgan fingerprint density at radius 1 is 1.50 bits per heavy atom. The van der Waals surface area contributed by atoms with Crippen LogP contribution in [-0.2, 0) is 16.0 Å². The van der Waals surface area contributed by atoms with Crippen molar-refractivity contribution < 1.29 is 9.53 Å². The van der Waals surface area contributed by atoms with Gasteiger partial charge in [-0.05, 0) is 43.0 Å². The lowest BCUT2D eigenvalue weighted by Crippen LogP contribution is -2.35. The first-order chi connectivity index (χ1) is 9.13. The number of methoxy groups -OCH3 is 1.